The predicted octanol–water partition coefficient (Wildman–Crippen LogP) is 6.60. The summed E-state index contributed by atoms with van der Waals surface area (Å²) in [6.07, 6.45) is 9.16. The Morgan fingerprint density at radius 3 is 2.75 bits per heavy atom. The average molecular weight is 426 g/mol. The third-order valence-electron chi connectivity index (χ3n) is 4.76. The number of nitrogens with zero attached hydrogens (tertiary/aromatic N) is 1. The van der Waals surface area contributed by atoms with Crippen LogP contribution < -0.4 is 10.6 Å². The van der Waals surface area contributed by atoms with Crippen LogP contribution in [0.15, 0.2) is 28.7 Å². The number of benzene rings is 1. The fourth-order valence-electron chi connectivity index (χ4n) is 2.97. The lowest BCUT2D eigenvalue weighted by atomic mass is 10.0. The van der Waals surface area contributed by atoms with Gasteiger partial charge in [0.2, 0.25) is 0 Å². The first-order valence-corrected chi connectivity index (χ1v) is 12.2. The van der Waals surface area contributed by atoms with Crippen LogP contribution in [0.3, 0.4) is 0 Å². The van der Waals surface area contributed by atoms with E-state index in [1.807, 2.05) is 13.0 Å². The number of rotatable bonds is 14. The van der Waals surface area contributed by atoms with E-state index in [4.69, 9.17) is 0 Å². The van der Waals surface area contributed by atoms with Crippen LogP contribution in [0.25, 0.3) is 0 Å². The molecular formula is C22H36FN3S2. The molecule has 0 aromatic heterocycles. The van der Waals surface area contributed by atoms with Gasteiger partial charge in [0.05, 0.1) is 0 Å². The molecule has 3 nitrogen and oxygen atoms in total. The van der Waals surface area contributed by atoms with Crippen molar-refractivity contribution in [2.24, 2.45) is 10.9 Å². The largest absolute Gasteiger partial charge is 0.385 e. The van der Waals surface area contributed by atoms with Gasteiger partial charge in [-0.1, -0.05) is 37.5 Å². The summed E-state index contributed by atoms with van der Waals surface area (Å²) in [4.78, 5) is 4.06. The second-order valence-electron chi connectivity index (χ2n) is 7.48. The Morgan fingerprint density at radius 2 is 2.04 bits per heavy atom. The quantitative estimate of drug-likeness (QED) is 0.136. The number of nitrogens with one attached hydrogen (secondary N) is 2. The van der Waals surface area contributed by atoms with Crippen LogP contribution in [0.5, 0.6) is 0 Å². The summed E-state index contributed by atoms with van der Waals surface area (Å²) in [6.45, 7) is 10.7. The molecule has 0 saturated heterocycles. The second-order valence-corrected chi connectivity index (χ2v) is 8.60. The van der Waals surface area contributed by atoms with Gasteiger partial charge in [0.15, 0.2) is 0 Å². The fraction of sp³-hybridized carbons (Fsp3) is 0.591. The van der Waals surface area contributed by atoms with Crippen LogP contribution in [-0.2, 0) is 0 Å². The lowest BCUT2D eigenvalue weighted by Gasteiger charge is -2.18. The number of hydrogen-bond acceptors (Lipinski definition) is 5. The Labute approximate surface area is 179 Å². The summed E-state index contributed by atoms with van der Waals surface area (Å²) in [5.74, 6) is 0.472. The molecule has 0 aliphatic carbocycles. The highest BCUT2D eigenvalue weighted by atomic mass is 33.1. The third kappa shape index (κ3) is 10.5. The van der Waals surface area contributed by atoms with E-state index in [0.717, 1.165) is 43.1 Å². The Kier molecular flexibility index (Phi) is 13.4. The molecule has 1 aromatic carbocycles. The van der Waals surface area contributed by atoms with E-state index < -0.39 is 0 Å². The SMILES string of the molecule is CCCCC(C)CNC(C)CCCNc1cc(F)c(C=N/C=C\SS)cc1C. The van der Waals surface area contributed by atoms with E-state index in [1.165, 1.54) is 36.3 Å². The van der Waals surface area contributed by atoms with E-state index in [1.54, 1.807) is 17.7 Å². The highest BCUT2D eigenvalue weighted by Crippen LogP contribution is 2.19. The minimum Gasteiger partial charge on any atom is -0.385 e. The molecule has 0 aliphatic heterocycles. The molecule has 6 heteroatoms. The minimum atomic E-state index is -0.264. The maximum absolute atomic E-state index is 14.3. The number of halogens is 1. The molecule has 0 heterocycles. The van der Waals surface area contributed by atoms with Crippen molar-refractivity contribution >= 4 is 34.4 Å². The first-order valence-electron chi connectivity index (χ1n) is 10.2. The summed E-state index contributed by atoms with van der Waals surface area (Å²) in [5, 5.41) is 8.72. The number of aryl methyl sites for hydroxylation is 1. The van der Waals surface area contributed by atoms with Crippen LogP contribution in [-0.4, -0.2) is 25.3 Å². The number of thiol groups is 1. The van der Waals surface area contributed by atoms with Gasteiger partial charge >= 0.3 is 0 Å². The molecular weight excluding hydrogens is 389 g/mol. The normalized spacial score (nSPS) is 14.1. The molecule has 28 heavy (non-hydrogen) atoms. The molecule has 0 amide bonds. The molecule has 158 valence electrons. The summed E-state index contributed by atoms with van der Waals surface area (Å²) >= 11 is 3.99. The molecule has 0 saturated carbocycles. The molecule has 0 aliphatic rings. The molecule has 2 N–H and O–H groups in total. The smallest absolute Gasteiger partial charge is 0.134 e. The maximum atomic E-state index is 14.3. The van der Waals surface area contributed by atoms with E-state index in [0.29, 0.717) is 11.6 Å². The lowest BCUT2D eigenvalue weighted by molar-refractivity contribution is 0.416. The standard InChI is InChI=1S/C22H36FN3S2/c1-5-6-8-17(2)15-26-19(4)9-7-10-25-22-14-21(23)20(13-18(22)3)16-24-11-12-28-27/h11-14,16-17,19,25-27H,5-10,15H2,1-4H3/b12-11-,24-16?. The molecule has 0 fully saturated rings. The van der Waals surface area contributed by atoms with Gasteiger partial charge in [-0.05, 0) is 68.7 Å². The van der Waals surface area contributed by atoms with Gasteiger partial charge in [0.25, 0.3) is 0 Å². The zero-order chi connectivity index (χ0) is 20.8. The molecule has 0 spiro atoms. The number of aliphatic imine (C=N–C) groups is 1. The van der Waals surface area contributed by atoms with Gasteiger partial charge in [-0.2, -0.15) is 0 Å². The van der Waals surface area contributed by atoms with Crippen molar-refractivity contribution in [3.8, 4) is 0 Å². The first kappa shape index (κ1) is 25.1. The zero-order valence-corrected chi connectivity index (χ0v) is 19.4. The first-order chi connectivity index (χ1) is 13.5. The van der Waals surface area contributed by atoms with Crippen molar-refractivity contribution in [3.63, 3.8) is 0 Å². The maximum Gasteiger partial charge on any atom is 0.134 e. The third-order valence-corrected chi connectivity index (χ3v) is 5.37. The van der Waals surface area contributed by atoms with Crippen molar-refractivity contribution in [2.45, 2.75) is 65.8 Å². The van der Waals surface area contributed by atoms with Gasteiger partial charge in [0.1, 0.15) is 5.82 Å². The Bertz CT molecular complexity index is 620. The molecule has 0 radical (unpaired) electrons. The molecule has 1 rings (SSSR count). The highest BCUT2D eigenvalue weighted by molar-refractivity contribution is 8.69. The van der Waals surface area contributed by atoms with Crippen molar-refractivity contribution in [1.29, 1.82) is 0 Å². The highest BCUT2D eigenvalue weighted by Gasteiger charge is 2.07. The van der Waals surface area contributed by atoms with E-state index >= 15 is 0 Å². The number of unbranched alkanes of at least 4 members (excludes halogenated alkanes) is 1. The summed E-state index contributed by atoms with van der Waals surface area (Å²) in [5.41, 5.74) is 2.36. The van der Waals surface area contributed by atoms with Crippen LogP contribution in [0.1, 0.15) is 64.0 Å². The minimum absolute atomic E-state index is 0.264. The van der Waals surface area contributed by atoms with Crippen LogP contribution in [0.2, 0.25) is 0 Å². The van der Waals surface area contributed by atoms with Crippen molar-refractivity contribution < 1.29 is 4.39 Å². The van der Waals surface area contributed by atoms with Gasteiger partial charge in [-0.25, -0.2) is 4.39 Å². The second kappa shape index (κ2) is 14.9. The Hall–Kier alpha value is -0.980. The van der Waals surface area contributed by atoms with Crippen LogP contribution in [0, 0.1) is 18.7 Å². The monoisotopic (exact) mass is 425 g/mol. The molecule has 1 aromatic rings. The Morgan fingerprint density at radius 1 is 1.25 bits per heavy atom. The van der Waals surface area contributed by atoms with Crippen molar-refractivity contribution in [2.75, 3.05) is 18.4 Å². The predicted molar refractivity (Wildman–Crippen MR) is 128 cm³/mol. The van der Waals surface area contributed by atoms with E-state index in [2.05, 4.69) is 48.1 Å². The zero-order valence-electron chi connectivity index (χ0n) is 17.7. The molecule has 2 unspecified atom stereocenters. The number of anilines is 1. The summed E-state index contributed by atoms with van der Waals surface area (Å²) < 4.78 is 14.3. The van der Waals surface area contributed by atoms with Crippen molar-refractivity contribution in [1.82, 2.24) is 5.32 Å². The lowest BCUT2D eigenvalue weighted by Crippen LogP contribution is -2.30. The van der Waals surface area contributed by atoms with E-state index in [-0.39, 0.29) is 5.82 Å². The Balaban J connectivity index is 2.37. The molecule has 2 atom stereocenters. The van der Waals surface area contributed by atoms with Crippen LogP contribution >= 0.6 is 22.5 Å². The van der Waals surface area contributed by atoms with Gasteiger partial charge < -0.3 is 10.6 Å². The van der Waals surface area contributed by atoms with E-state index in [9.17, 15) is 4.39 Å². The summed E-state index contributed by atoms with van der Waals surface area (Å²) in [7, 11) is 1.26. The van der Waals surface area contributed by atoms with Crippen LogP contribution in [0.4, 0.5) is 10.1 Å². The number of hydrogen-bond donors (Lipinski definition) is 3. The molecule has 0 bridgehead atoms. The van der Waals surface area contributed by atoms with Crippen molar-refractivity contribution in [3.05, 3.63) is 40.7 Å². The fourth-order valence-corrected chi connectivity index (χ4v) is 3.26. The van der Waals surface area contributed by atoms with Gasteiger partial charge in [-0.15, -0.1) is 11.7 Å². The topological polar surface area (TPSA) is 36.4 Å². The van der Waals surface area contributed by atoms with Gasteiger partial charge in [0, 0.05) is 36.3 Å². The summed E-state index contributed by atoms with van der Waals surface area (Å²) in [6, 6.07) is 3.89. The average Bonchev–Trinajstić information content (AvgIpc) is 2.68. The van der Waals surface area contributed by atoms with Gasteiger partial charge in [-0.3, -0.25) is 4.99 Å².